The molecule has 110 valence electrons. The van der Waals surface area contributed by atoms with E-state index in [1.54, 1.807) is 6.07 Å². The molecule has 2 fully saturated rings. The lowest BCUT2D eigenvalue weighted by molar-refractivity contribution is 0.0519. The van der Waals surface area contributed by atoms with Gasteiger partial charge in [0, 0.05) is 23.7 Å². The molecule has 4 heteroatoms. The summed E-state index contributed by atoms with van der Waals surface area (Å²) in [7, 11) is 0. The molecule has 1 aliphatic heterocycles. The highest BCUT2D eigenvalue weighted by Gasteiger charge is 2.38. The summed E-state index contributed by atoms with van der Waals surface area (Å²) in [4.78, 5) is 14.8. The highest BCUT2D eigenvalue weighted by atomic mass is 16.3. The van der Waals surface area contributed by atoms with Gasteiger partial charge in [-0.05, 0) is 55.9 Å². The van der Waals surface area contributed by atoms with E-state index in [4.69, 9.17) is 10.2 Å². The summed E-state index contributed by atoms with van der Waals surface area (Å²) in [6, 6.07) is 7.73. The Kier molecular flexibility index (Phi) is 2.91. The highest BCUT2D eigenvalue weighted by Crippen LogP contribution is 2.37. The normalized spacial score (nSPS) is 25.2. The number of hydrogen-bond acceptors (Lipinski definition) is 3. The molecule has 1 amide bonds. The summed E-state index contributed by atoms with van der Waals surface area (Å²) in [6.45, 7) is 0.860. The van der Waals surface area contributed by atoms with Crippen LogP contribution in [-0.2, 0) is 0 Å². The first-order valence-electron chi connectivity index (χ1n) is 7.82. The second-order valence-electron chi connectivity index (χ2n) is 6.31. The van der Waals surface area contributed by atoms with E-state index >= 15 is 0 Å². The predicted molar refractivity (Wildman–Crippen MR) is 82.0 cm³/mol. The standard InChI is InChI=1S/C17H20N2O2/c18-13-6-7-15-12(9-13)10-16(21-15)17(20)19-8-2-4-11-3-1-5-14(11)19/h6-7,9-11,14H,1-5,8,18H2. The number of carbonyl (C=O) groups is 1. The van der Waals surface area contributed by atoms with Crippen molar-refractivity contribution in [3.63, 3.8) is 0 Å². The molecule has 2 aliphatic rings. The molecule has 0 radical (unpaired) electrons. The van der Waals surface area contributed by atoms with E-state index in [9.17, 15) is 4.79 Å². The van der Waals surface area contributed by atoms with Gasteiger partial charge in [0.05, 0.1) is 0 Å². The van der Waals surface area contributed by atoms with Gasteiger partial charge < -0.3 is 15.1 Å². The molecule has 21 heavy (non-hydrogen) atoms. The minimum atomic E-state index is 0.0429. The number of furan rings is 1. The molecule has 2 atom stereocenters. The molecular weight excluding hydrogens is 264 g/mol. The number of nitrogens with zero attached hydrogens (tertiary/aromatic N) is 1. The fraction of sp³-hybridized carbons (Fsp3) is 0.471. The molecule has 2 N–H and O–H groups in total. The summed E-state index contributed by atoms with van der Waals surface area (Å²) >= 11 is 0. The summed E-state index contributed by atoms with van der Waals surface area (Å²) in [5.41, 5.74) is 7.21. The van der Waals surface area contributed by atoms with E-state index in [0.29, 0.717) is 23.4 Å². The quantitative estimate of drug-likeness (QED) is 0.816. The molecule has 2 heterocycles. The van der Waals surface area contributed by atoms with Crippen LogP contribution in [0.2, 0.25) is 0 Å². The maximum Gasteiger partial charge on any atom is 0.289 e. The van der Waals surface area contributed by atoms with Crippen molar-refractivity contribution < 1.29 is 9.21 Å². The van der Waals surface area contributed by atoms with Crippen LogP contribution in [0.15, 0.2) is 28.7 Å². The SMILES string of the molecule is Nc1ccc2oc(C(=O)N3CCCC4CCCC43)cc2c1. The summed E-state index contributed by atoms with van der Waals surface area (Å²) in [6.07, 6.45) is 6.04. The average Bonchev–Trinajstić information content (AvgIpc) is 3.11. The lowest BCUT2D eigenvalue weighted by Gasteiger charge is -2.37. The van der Waals surface area contributed by atoms with Crippen molar-refractivity contribution in [3.8, 4) is 0 Å². The van der Waals surface area contributed by atoms with Crippen molar-refractivity contribution in [1.82, 2.24) is 4.90 Å². The van der Waals surface area contributed by atoms with Gasteiger partial charge in [-0.25, -0.2) is 0 Å². The lowest BCUT2D eigenvalue weighted by atomic mass is 9.92. The second kappa shape index (κ2) is 4.79. The zero-order valence-electron chi connectivity index (χ0n) is 12.0. The Hall–Kier alpha value is -1.97. The minimum Gasteiger partial charge on any atom is -0.451 e. The molecule has 1 aliphatic carbocycles. The van der Waals surface area contributed by atoms with E-state index in [2.05, 4.69) is 0 Å². The number of amides is 1. The molecule has 2 aromatic rings. The Labute approximate surface area is 123 Å². The van der Waals surface area contributed by atoms with Gasteiger partial charge in [-0.15, -0.1) is 0 Å². The van der Waals surface area contributed by atoms with Gasteiger partial charge >= 0.3 is 0 Å². The third kappa shape index (κ3) is 2.09. The minimum absolute atomic E-state index is 0.0429. The largest absolute Gasteiger partial charge is 0.451 e. The Balaban J connectivity index is 1.66. The van der Waals surface area contributed by atoms with Crippen LogP contribution in [0.4, 0.5) is 5.69 Å². The number of hydrogen-bond donors (Lipinski definition) is 1. The summed E-state index contributed by atoms with van der Waals surface area (Å²) in [5, 5.41) is 0.901. The van der Waals surface area contributed by atoms with Gasteiger partial charge in [0.15, 0.2) is 5.76 Å². The first kappa shape index (κ1) is 12.7. The lowest BCUT2D eigenvalue weighted by Crippen LogP contribution is -2.46. The number of nitrogens with two attached hydrogens (primary N) is 1. The molecule has 1 aromatic carbocycles. The Morgan fingerprint density at radius 2 is 2.05 bits per heavy atom. The van der Waals surface area contributed by atoms with Gasteiger partial charge in [0.25, 0.3) is 5.91 Å². The predicted octanol–water partition coefficient (Wildman–Crippen LogP) is 3.42. The smallest absolute Gasteiger partial charge is 0.289 e. The van der Waals surface area contributed by atoms with Gasteiger partial charge in [-0.3, -0.25) is 4.79 Å². The number of nitrogen functional groups attached to an aromatic ring is 1. The summed E-state index contributed by atoms with van der Waals surface area (Å²) < 4.78 is 5.74. The number of piperidine rings is 1. The molecule has 2 unspecified atom stereocenters. The fourth-order valence-electron chi connectivity index (χ4n) is 4.01. The molecular formula is C17H20N2O2. The maximum atomic E-state index is 12.8. The van der Waals surface area contributed by atoms with E-state index in [1.807, 2.05) is 23.1 Å². The van der Waals surface area contributed by atoms with E-state index in [-0.39, 0.29) is 5.91 Å². The van der Waals surface area contributed by atoms with E-state index < -0.39 is 0 Å². The van der Waals surface area contributed by atoms with Crippen molar-refractivity contribution >= 4 is 22.6 Å². The first-order chi connectivity index (χ1) is 10.2. The Morgan fingerprint density at radius 3 is 2.95 bits per heavy atom. The van der Waals surface area contributed by atoms with Crippen LogP contribution in [0.25, 0.3) is 11.0 Å². The highest BCUT2D eigenvalue weighted by molar-refractivity contribution is 5.96. The van der Waals surface area contributed by atoms with Crippen molar-refractivity contribution in [2.24, 2.45) is 5.92 Å². The fourth-order valence-corrected chi connectivity index (χ4v) is 4.01. The number of anilines is 1. The molecule has 1 saturated carbocycles. The van der Waals surface area contributed by atoms with E-state index in [1.165, 1.54) is 19.3 Å². The van der Waals surface area contributed by atoms with Crippen molar-refractivity contribution in [2.75, 3.05) is 12.3 Å². The Morgan fingerprint density at radius 1 is 1.19 bits per heavy atom. The number of likely N-dealkylation sites (tertiary alicyclic amines) is 1. The first-order valence-corrected chi connectivity index (χ1v) is 7.82. The molecule has 1 saturated heterocycles. The second-order valence-corrected chi connectivity index (χ2v) is 6.31. The zero-order chi connectivity index (χ0) is 14.4. The van der Waals surface area contributed by atoms with Crippen LogP contribution in [0, 0.1) is 5.92 Å². The number of rotatable bonds is 1. The van der Waals surface area contributed by atoms with Gasteiger partial charge in [0.1, 0.15) is 5.58 Å². The monoisotopic (exact) mass is 284 g/mol. The molecule has 4 nitrogen and oxygen atoms in total. The van der Waals surface area contributed by atoms with Crippen molar-refractivity contribution in [3.05, 3.63) is 30.0 Å². The van der Waals surface area contributed by atoms with Crippen LogP contribution < -0.4 is 5.73 Å². The van der Waals surface area contributed by atoms with Crippen LogP contribution in [-0.4, -0.2) is 23.4 Å². The maximum absolute atomic E-state index is 12.8. The van der Waals surface area contributed by atoms with Crippen LogP contribution in [0.3, 0.4) is 0 Å². The molecule has 0 spiro atoms. The zero-order valence-corrected chi connectivity index (χ0v) is 12.0. The van der Waals surface area contributed by atoms with E-state index in [0.717, 1.165) is 30.4 Å². The molecule has 0 bridgehead atoms. The Bertz CT molecular complexity index is 691. The number of carbonyl (C=O) groups excluding carboxylic acids is 1. The molecule has 4 rings (SSSR count). The van der Waals surface area contributed by atoms with Crippen LogP contribution in [0.5, 0.6) is 0 Å². The topological polar surface area (TPSA) is 59.5 Å². The van der Waals surface area contributed by atoms with Gasteiger partial charge in [-0.2, -0.15) is 0 Å². The number of fused-ring (bicyclic) bond motifs is 2. The van der Waals surface area contributed by atoms with Crippen molar-refractivity contribution in [1.29, 1.82) is 0 Å². The van der Waals surface area contributed by atoms with Crippen LogP contribution >= 0.6 is 0 Å². The van der Waals surface area contributed by atoms with Gasteiger partial charge in [-0.1, -0.05) is 6.42 Å². The molecule has 1 aromatic heterocycles. The number of benzene rings is 1. The van der Waals surface area contributed by atoms with Crippen molar-refractivity contribution in [2.45, 2.75) is 38.1 Å². The third-order valence-corrected chi connectivity index (χ3v) is 5.01. The summed E-state index contributed by atoms with van der Waals surface area (Å²) in [5.74, 6) is 1.19. The van der Waals surface area contributed by atoms with Crippen LogP contribution in [0.1, 0.15) is 42.7 Å². The third-order valence-electron chi connectivity index (χ3n) is 5.01. The average molecular weight is 284 g/mol. The van der Waals surface area contributed by atoms with Gasteiger partial charge in [0.2, 0.25) is 0 Å².